The number of aromatic nitrogens is 3. The number of aryl methyl sites for hydroxylation is 1. The van der Waals surface area contributed by atoms with Crippen molar-refractivity contribution in [3.63, 3.8) is 0 Å². The van der Waals surface area contributed by atoms with Gasteiger partial charge in [0.2, 0.25) is 0 Å². The lowest BCUT2D eigenvalue weighted by atomic mass is 9.98. The lowest BCUT2D eigenvalue weighted by Gasteiger charge is -2.29. The van der Waals surface area contributed by atoms with Crippen molar-refractivity contribution in [3.05, 3.63) is 57.3 Å². The number of nitrogens with one attached hydrogen (secondary N) is 1. The van der Waals surface area contributed by atoms with Crippen molar-refractivity contribution < 1.29 is 18.9 Å². The summed E-state index contributed by atoms with van der Waals surface area (Å²) in [5.41, 5.74) is -1.09. The molecule has 34 heavy (non-hydrogen) atoms. The first-order chi connectivity index (χ1) is 17.2. The van der Waals surface area contributed by atoms with E-state index in [-0.39, 0.29) is 5.56 Å². The average Bonchev–Trinajstić information content (AvgIpc) is 2.83. The van der Waals surface area contributed by atoms with E-state index in [1.165, 1.54) is 6.33 Å². The number of carboxylic acid groups (broad SMARTS) is 1. The van der Waals surface area contributed by atoms with Gasteiger partial charge in [-0.15, -0.1) is 0 Å². The van der Waals surface area contributed by atoms with Crippen LogP contribution in [-0.4, -0.2) is 56.7 Å². The van der Waals surface area contributed by atoms with Crippen LogP contribution in [0.4, 0.5) is 11.5 Å². The largest absolute Gasteiger partial charge is 0.481 e. The fourth-order valence-corrected chi connectivity index (χ4v) is 3.21. The quantitative estimate of drug-likeness (QED) is 0.435. The van der Waals surface area contributed by atoms with E-state index in [0.717, 1.165) is 49.6 Å². The molecule has 4 rings (SSSR count). The summed E-state index contributed by atoms with van der Waals surface area (Å²) in [6, 6.07) is 6.29. The number of pyridine rings is 1. The molecule has 0 spiro atoms. The van der Waals surface area contributed by atoms with E-state index < -0.39 is 34.5 Å². The number of carbonyl (C=O) groups is 1. The summed E-state index contributed by atoms with van der Waals surface area (Å²) in [6.45, 7) is 5.32. The molecule has 0 saturated carbocycles. The van der Waals surface area contributed by atoms with Crippen LogP contribution in [0.25, 0.3) is 22.0 Å². The molecule has 0 atom stereocenters. The Morgan fingerprint density at radius 1 is 1.21 bits per heavy atom. The van der Waals surface area contributed by atoms with Gasteiger partial charge in [-0.3, -0.25) is 19.7 Å². The van der Waals surface area contributed by atoms with Crippen molar-refractivity contribution >= 4 is 28.4 Å². The maximum atomic E-state index is 12.2. The van der Waals surface area contributed by atoms with Gasteiger partial charge in [-0.2, -0.15) is 0 Å². The zero-order valence-corrected chi connectivity index (χ0v) is 19.1. The minimum atomic E-state index is -2.84. The molecular formula is C23H28N6O5. The number of rotatable bonds is 3. The predicted molar refractivity (Wildman–Crippen MR) is 129 cm³/mol. The molecule has 3 aromatic rings. The van der Waals surface area contributed by atoms with Crippen molar-refractivity contribution in [1.82, 2.24) is 19.9 Å². The Morgan fingerprint density at radius 3 is 2.47 bits per heavy atom. The third-order valence-electron chi connectivity index (χ3n) is 5.20. The van der Waals surface area contributed by atoms with Gasteiger partial charge < -0.3 is 19.9 Å². The van der Waals surface area contributed by atoms with Gasteiger partial charge >= 0.3 is 17.2 Å². The Balaban J connectivity index is 0.000000479. The lowest BCUT2D eigenvalue weighted by Crippen LogP contribution is -2.44. The fourth-order valence-electron chi connectivity index (χ4n) is 3.21. The summed E-state index contributed by atoms with van der Waals surface area (Å²) in [5, 5.41) is 23.6. The van der Waals surface area contributed by atoms with E-state index in [9.17, 15) is 19.7 Å². The van der Waals surface area contributed by atoms with E-state index in [4.69, 9.17) is 9.22 Å². The molecule has 1 aromatic carbocycles. The second kappa shape index (κ2) is 9.96. The molecule has 0 radical (unpaired) electrons. The molecule has 11 heteroatoms. The molecule has 0 amide bonds. The standard InChI is InChI=1S/C18H18N6O3.C5H10O2/c1-22-10-13(9-16(18(22)25)24(26)27)12-2-3-15-14(8-12)17(21-11-20-15)23-6-4-19-5-7-23;1-5(2,3)4(6)7/h2-3,8-11,19H,4-7H2,1H3;1-3H3,(H,6,7)/i1D3;. The van der Waals surface area contributed by atoms with Gasteiger partial charge in [0, 0.05) is 60.5 Å². The first-order valence-corrected chi connectivity index (χ1v) is 10.6. The maximum absolute atomic E-state index is 12.2. The van der Waals surface area contributed by atoms with Crippen LogP contribution in [0.1, 0.15) is 24.9 Å². The highest BCUT2D eigenvalue weighted by Gasteiger charge is 2.19. The highest BCUT2D eigenvalue weighted by molar-refractivity contribution is 5.93. The molecule has 1 saturated heterocycles. The molecule has 1 fully saturated rings. The number of nitrogens with zero attached hydrogens (tertiary/aromatic N) is 5. The Kier molecular flexibility index (Phi) is 6.07. The van der Waals surface area contributed by atoms with E-state index in [1.807, 2.05) is 0 Å². The van der Waals surface area contributed by atoms with Gasteiger partial charge in [0.15, 0.2) is 0 Å². The molecule has 1 aliphatic rings. The average molecular weight is 472 g/mol. The normalized spacial score (nSPS) is 15.5. The molecule has 11 nitrogen and oxygen atoms in total. The Hall–Kier alpha value is -3.86. The smallest absolute Gasteiger partial charge is 0.334 e. The molecule has 2 aromatic heterocycles. The van der Waals surface area contributed by atoms with Crippen LogP contribution >= 0.6 is 0 Å². The number of carboxylic acids is 1. The van der Waals surface area contributed by atoms with Gasteiger partial charge in [0.25, 0.3) is 0 Å². The molecule has 3 heterocycles. The molecule has 1 aliphatic heterocycles. The number of piperazine rings is 1. The van der Waals surface area contributed by atoms with Crippen molar-refractivity contribution in [3.8, 4) is 11.1 Å². The van der Waals surface area contributed by atoms with Gasteiger partial charge in [-0.1, -0.05) is 6.07 Å². The third-order valence-corrected chi connectivity index (χ3v) is 5.20. The second-order valence-corrected chi connectivity index (χ2v) is 8.77. The van der Waals surface area contributed by atoms with Crippen LogP contribution < -0.4 is 15.8 Å². The number of anilines is 1. The highest BCUT2D eigenvalue weighted by Crippen LogP contribution is 2.29. The minimum absolute atomic E-state index is 0.245. The van der Waals surface area contributed by atoms with Gasteiger partial charge in [-0.05, 0) is 38.5 Å². The SMILES string of the molecule is CC(C)(C)C(=O)O.[2H]C([2H])([2H])n1cc(-c2ccc3ncnc(N4CCNCC4)c3c2)cc([N+](=O)[O-])c1=O. The first kappa shape index (κ1) is 20.7. The van der Waals surface area contributed by atoms with Crippen LogP contribution in [0.15, 0.2) is 41.6 Å². The van der Waals surface area contributed by atoms with Crippen molar-refractivity contribution in [2.45, 2.75) is 20.8 Å². The minimum Gasteiger partial charge on any atom is -0.481 e. The van der Waals surface area contributed by atoms with E-state index in [0.29, 0.717) is 15.6 Å². The number of aliphatic carboxylic acids is 1. The van der Waals surface area contributed by atoms with E-state index >= 15 is 0 Å². The van der Waals surface area contributed by atoms with Crippen molar-refractivity contribution in [1.29, 1.82) is 0 Å². The topological polar surface area (TPSA) is 143 Å². The molecule has 0 aliphatic carbocycles. The summed E-state index contributed by atoms with van der Waals surface area (Å²) in [6.07, 6.45) is 2.61. The third kappa shape index (κ3) is 5.54. The number of nitro groups is 1. The van der Waals surface area contributed by atoms with Crippen LogP contribution in [0.5, 0.6) is 0 Å². The molecule has 0 bridgehead atoms. The summed E-state index contributed by atoms with van der Waals surface area (Å²) in [4.78, 5) is 43.5. The summed E-state index contributed by atoms with van der Waals surface area (Å²) >= 11 is 0. The predicted octanol–water partition coefficient (Wildman–Crippen LogP) is 2.43. The zero-order valence-electron chi connectivity index (χ0n) is 22.1. The zero-order chi connectivity index (χ0) is 27.5. The molecule has 0 unspecified atom stereocenters. The number of fused-ring (bicyclic) bond motifs is 1. The summed E-state index contributed by atoms with van der Waals surface area (Å²) < 4.78 is 23.1. The second-order valence-electron chi connectivity index (χ2n) is 8.77. The lowest BCUT2D eigenvalue weighted by molar-refractivity contribution is -0.386. The van der Waals surface area contributed by atoms with Gasteiger partial charge in [0.1, 0.15) is 12.1 Å². The maximum Gasteiger partial charge on any atom is 0.334 e. The monoisotopic (exact) mass is 471 g/mol. The summed E-state index contributed by atoms with van der Waals surface area (Å²) in [7, 11) is 0. The van der Waals surface area contributed by atoms with Crippen LogP contribution in [0, 0.1) is 15.5 Å². The summed E-state index contributed by atoms with van der Waals surface area (Å²) in [5.74, 6) is -0.0190. The first-order valence-electron chi connectivity index (χ1n) is 12.1. The number of hydrogen-bond donors (Lipinski definition) is 2. The van der Waals surface area contributed by atoms with Crippen LogP contribution in [0.2, 0.25) is 0 Å². The number of hydrogen-bond acceptors (Lipinski definition) is 8. The van der Waals surface area contributed by atoms with E-state index in [2.05, 4.69) is 20.2 Å². The molecule has 2 N–H and O–H groups in total. The van der Waals surface area contributed by atoms with Gasteiger partial charge in [0.05, 0.1) is 15.9 Å². The van der Waals surface area contributed by atoms with Gasteiger partial charge in [-0.25, -0.2) is 9.97 Å². The molecular weight excluding hydrogens is 440 g/mol. The van der Waals surface area contributed by atoms with Crippen molar-refractivity contribution in [2.75, 3.05) is 31.1 Å². The highest BCUT2D eigenvalue weighted by atomic mass is 16.6. The fraction of sp³-hybridized carbons (Fsp3) is 0.391. The Bertz CT molecular complexity index is 1380. The Morgan fingerprint density at radius 2 is 1.88 bits per heavy atom. The number of benzene rings is 1. The molecule has 180 valence electrons. The van der Waals surface area contributed by atoms with E-state index in [1.54, 1.807) is 39.0 Å². The van der Waals surface area contributed by atoms with Crippen LogP contribution in [-0.2, 0) is 11.8 Å². The van der Waals surface area contributed by atoms with Crippen LogP contribution in [0.3, 0.4) is 0 Å². The van der Waals surface area contributed by atoms with Crippen molar-refractivity contribution in [2.24, 2.45) is 12.4 Å². The Labute approximate surface area is 200 Å².